The third-order valence-corrected chi connectivity index (χ3v) is 6.29. The Bertz CT molecular complexity index is 1260. The van der Waals surface area contributed by atoms with E-state index in [0.29, 0.717) is 11.7 Å². The van der Waals surface area contributed by atoms with Crippen molar-refractivity contribution in [2.24, 2.45) is 5.10 Å². The van der Waals surface area contributed by atoms with Gasteiger partial charge in [-0.05, 0) is 88.8 Å². The molecule has 0 radical (unpaired) electrons. The number of anilines is 1. The van der Waals surface area contributed by atoms with Gasteiger partial charge in [0.2, 0.25) is 0 Å². The molecule has 4 aromatic rings. The molecule has 0 unspecified atom stereocenters. The summed E-state index contributed by atoms with van der Waals surface area (Å²) in [5.41, 5.74) is 5.18. The molecule has 4 rings (SSSR count). The van der Waals surface area contributed by atoms with Crippen molar-refractivity contribution in [3.63, 3.8) is 0 Å². The third-order valence-electron chi connectivity index (χ3n) is 4.64. The second-order valence-corrected chi connectivity index (χ2v) is 9.29. The zero-order valence-electron chi connectivity index (χ0n) is 17.9. The fraction of sp³-hybridized carbons (Fsp3) is 0.0833. The van der Waals surface area contributed by atoms with Crippen molar-refractivity contribution >= 4 is 52.2 Å². The van der Waals surface area contributed by atoms with Crippen LogP contribution < -0.4 is 10.7 Å². The minimum atomic E-state index is -0.263. The van der Waals surface area contributed by atoms with Crippen LogP contribution in [0.3, 0.4) is 0 Å². The number of hydrogen-bond donors (Lipinski definition) is 3. The number of benzene rings is 3. The van der Waals surface area contributed by atoms with Crippen molar-refractivity contribution in [3.8, 4) is 11.4 Å². The Morgan fingerprint density at radius 2 is 1.76 bits per heavy atom. The van der Waals surface area contributed by atoms with E-state index in [-0.39, 0.29) is 17.4 Å². The lowest BCUT2D eigenvalue weighted by Crippen LogP contribution is -2.20. The van der Waals surface area contributed by atoms with Crippen molar-refractivity contribution in [3.05, 3.63) is 93.8 Å². The smallest absolute Gasteiger partial charge is 0.250 e. The molecule has 1 heterocycles. The number of thioether (sulfide) groups is 1. The van der Waals surface area contributed by atoms with Gasteiger partial charge in [0.25, 0.3) is 5.91 Å². The number of carbonyl (C=O) groups is 1. The molecule has 0 spiro atoms. The standard InChI is InChI=1S/C24H21IN6O2S/c25-18-8-10-19(11-9-18)26-15-22-28-30-24(31(22)20-4-2-1-3-5-20)34-16-23(33)29-27-14-17-6-12-21(32)13-7-17/h1-14,26,32H,15-16H2,(H,29,33)/b27-14-. The van der Waals surface area contributed by atoms with Gasteiger partial charge in [-0.1, -0.05) is 30.0 Å². The molecule has 3 aromatic carbocycles. The second-order valence-electron chi connectivity index (χ2n) is 7.10. The van der Waals surface area contributed by atoms with Crippen LogP contribution in [-0.2, 0) is 11.3 Å². The van der Waals surface area contributed by atoms with Gasteiger partial charge in [-0.25, -0.2) is 5.43 Å². The number of aromatic nitrogens is 3. The second kappa shape index (κ2) is 11.7. The van der Waals surface area contributed by atoms with E-state index >= 15 is 0 Å². The summed E-state index contributed by atoms with van der Waals surface area (Å²) in [6.45, 7) is 0.478. The van der Waals surface area contributed by atoms with Crippen molar-refractivity contribution < 1.29 is 9.90 Å². The van der Waals surface area contributed by atoms with Crippen LogP contribution in [0.1, 0.15) is 11.4 Å². The molecule has 10 heteroatoms. The number of aromatic hydroxyl groups is 1. The van der Waals surface area contributed by atoms with Crippen LogP contribution in [0.25, 0.3) is 5.69 Å². The van der Waals surface area contributed by atoms with Gasteiger partial charge in [-0.15, -0.1) is 10.2 Å². The SMILES string of the molecule is O=C(CSc1nnc(CNc2ccc(I)cc2)n1-c1ccccc1)N/N=C\c1ccc(O)cc1. The Kier molecular flexibility index (Phi) is 8.15. The van der Waals surface area contributed by atoms with E-state index in [2.05, 4.69) is 48.6 Å². The van der Waals surface area contributed by atoms with Crippen molar-refractivity contribution in [2.75, 3.05) is 11.1 Å². The van der Waals surface area contributed by atoms with Crippen LogP contribution in [0, 0.1) is 3.57 Å². The molecule has 8 nitrogen and oxygen atoms in total. The van der Waals surface area contributed by atoms with E-state index in [4.69, 9.17) is 0 Å². The Morgan fingerprint density at radius 3 is 2.50 bits per heavy atom. The summed E-state index contributed by atoms with van der Waals surface area (Å²) in [4.78, 5) is 12.3. The normalized spacial score (nSPS) is 11.0. The Balaban J connectivity index is 1.42. The van der Waals surface area contributed by atoms with E-state index in [1.807, 2.05) is 59.2 Å². The van der Waals surface area contributed by atoms with Gasteiger partial charge < -0.3 is 10.4 Å². The summed E-state index contributed by atoms with van der Waals surface area (Å²) in [6, 6.07) is 24.4. The molecule has 0 atom stereocenters. The van der Waals surface area contributed by atoms with Gasteiger partial charge in [-0.2, -0.15) is 5.10 Å². The molecule has 0 bridgehead atoms. The summed E-state index contributed by atoms with van der Waals surface area (Å²) >= 11 is 3.56. The maximum Gasteiger partial charge on any atom is 0.250 e. The van der Waals surface area contributed by atoms with Crippen LogP contribution in [0.15, 0.2) is 89.1 Å². The lowest BCUT2D eigenvalue weighted by Gasteiger charge is -2.11. The molecule has 3 N–H and O–H groups in total. The predicted octanol–water partition coefficient (Wildman–Crippen LogP) is 4.43. The van der Waals surface area contributed by atoms with E-state index < -0.39 is 0 Å². The molecule has 0 aliphatic heterocycles. The Labute approximate surface area is 214 Å². The van der Waals surface area contributed by atoms with Gasteiger partial charge in [-0.3, -0.25) is 9.36 Å². The predicted molar refractivity (Wildman–Crippen MR) is 142 cm³/mol. The number of phenols is 1. The maximum atomic E-state index is 12.3. The van der Waals surface area contributed by atoms with Crippen LogP contribution in [0.2, 0.25) is 0 Å². The number of rotatable bonds is 9. The largest absolute Gasteiger partial charge is 0.508 e. The van der Waals surface area contributed by atoms with Gasteiger partial charge in [0.15, 0.2) is 11.0 Å². The first-order valence-electron chi connectivity index (χ1n) is 10.3. The number of amides is 1. The molecule has 0 fully saturated rings. The van der Waals surface area contributed by atoms with Crippen LogP contribution in [0.5, 0.6) is 5.75 Å². The summed E-state index contributed by atoms with van der Waals surface area (Å²) in [6.07, 6.45) is 1.52. The molecule has 0 saturated heterocycles. The molecule has 34 heavy (non-hydrogen) atoms. The average molecular weight is 584 g/mol. The van der Waals surface area contributed by atoms with Crippen molar-refractivity contribution in [1.82, 2.24) is 20.2 Å². The minimum Gasteiger partial charge on any atom is -0.508 e. The van der Waals surface area contributed by atoms with Gasteiger partial charge >= 0.3 is 0 Å². The van der Waals surface area contributed by atoms with Gasteiger partial charge in [0.1, 0.15) is 5.75 Å². The number of nitrogens with one attached hydrogen (secondary N) is 2. The number of hydrazone groups is 1. The summed E-state index contributed by atoms with van der Waals surface area (Å²) in [5.74, 6) is 0.773. The lowest BCUT2D eigenvalue weighted by atomic mass is 10.2. The highest BCUT2D eigenvalue weighted by Crippen LogP contribution is 2.23. The highest BCUT2D eigenvalue weighted by atomic mass is 127. The summed E-state index contributed by atoms with van der Waals surface area (Å²) in [5, 5.41) is 26.0. The molecule has 0 aliphatic rings. The molecule has 1 aromatic heterocycles. The van der Waals surface area contributed by atoms with Gasteiger partial charge in [0.05, 0.1) is 18.5 Å². The number of carbonyl (C=O) groups excluding carboxylic acids is 1. The van der Waals surface area contributed by atoms with Crippen LogP contribution in [0.4, 0.5) is 5.69 Å². The van der Waals surface area contributed by atoms with Gasteiger partial charge in [0, 0.05) is 14.9 Å². The lowest BCUT2D eigenvalue weighted by molar-refractivity contribution is -0.118. The quantitative estimate of drug-likeness (QED) is 0.116. The minimum absolute atomic E-state index is 0.127. The molecular formula is C24H21IN6O2S. The van der Waals surface area contributed by atoms with Crippen LogP contribution >= 0.6 is 34.4 Å². The number of para-hydroxylation sites is 1. The highest BCUT2D eigenvalue weighted by Gasteiger charge is 2.15. The zero-order chi connectivity index (χ0) is 23.8. The number of nitrogens with zero attached hydrogens (tertiary/aromatic N) is 4. The monoisotopic (exact) mass is 584 g/mol. The summed E-state index contributed by atoms with van der Waals surface area (Å²) < 4.78 is 3.11. The molecule has 0 aliphatic carbocycles. The first-order chi connectivity index (χ1) is 16.6. The van der Waals surface area contributed by atoms with E-state index in [1.54, 1.807) is 24.3 Å². The van der Waals surface area contributed by atoms with Crippen LogP contribution in [-0.4, -0.2) is 37.7 Å². The summed E-state index contributed by atoms with van der Waals surface area (Å²) in [7, 11) is 0. The molecule has 1 amide bonds. The van der Waals surface area contributed by atoms with E-state index in [0.717, 1.165) is 22.8 Å². The Morgan fingerprint density at radius 1 is 1.03 bits per heavy atom. The van der Waals surface area contributed by atoms with Crippen molar-refractivity contribution in [2.45, 2.75) is 11.7 Å². The Hall–Kier alpha value is -3.38. The van der Waals surface area contributed by atoms with Crippen molar-refractivity contribution in [1.29, 1.82) is 0 Å². The van der Waals surface area contributed by atoms with E-state index in [1.165, 1.54) is 21.5 Å². The highest BCUT2D eigenvalue weighted by molar-refractivity contribution is 14.1. The maximum absolute atomic E-state index is 12.3. The topological polar surface area (TPSA) is 104 Å². The fourth-order valence-electron chi connectivity index (χ4n) is 3.00. The third kappa shape index (κ3) is 6.58. The number of phenolic OH excluding ortho intramolecular Hbond substituents is 1. The average Bonchev–Trinajstić information content (AvgIpc) is 3.27. The van der Waals surface area contributed by atoms with E-state index in [9.17, 15) is 9.90 Å². The fourth-order valence-corrected chi connectivity index (χ4v) is 4.12. The molecule has 172 valence electrons. The molecular weight excluding hydrogens is 563 g/mol. The first-order valence-corrected chi connectivity index (χ1v) is 12.4. The zero-order valence-corrected chi connectivity index (χ0v) is 20.9. The number of halogens is 1. The number of hydrogen-bond acceptors (Lipinski definition) is 7. The first kappa shape index (κ1) is 23.8. The molecule has 0 saturated carbocycles.